The zero-order valence-electron chi connectivity index (χ0n) is 18.1. The van der Waals surface area contributed by atoms with Gasteiger partial charge in [0.25, 0.3) is 0 Å². The van der Waals surface area contributed by atoms with E-state index in [4.69, 9.17) is 4.74 Å². The number of halogens is 3. The lowest BCUT2D eigenvalue weighted by Gasteiger charge is -2.16. The number of rotatable bonds is 9. The van der Waals surface area contributed by atoms with E-state index < -0.39 is 23.8 Å². The van der Waals surface area contributed by atoms with E-state index in [-0.39, 0.29) is 11.4 Å². The van der Waals surface area contributed by atoms with Crippen LogP contribution in [0.5, 0.6) is 5.75 Å². The van der Waals surface area contributed by atoms with Gasteiger partial charge in [0.15, 0.2) is 17.1 Å². The summed E-state index contributed by atoms with van der Waals surface area (Å²) in [5.74, 6) is 0.499. The molecule has 6 nitrogen and oxygen atoms in total. The number of benzene rings is 2. The third-order valence-corrected chi connectivity index (χ3v) is 5.53. The molecule has 174 valence electrons. The van der Waals surface area contributed by atoms with E-state index in [0.29, 0.717) is 23.3 Å². The Morgan fingerprint density at radius 2 is 2.00 bits per heavy atom. The van der Waals surface area contributed by atoms with Crippen LogP contribution in [-0.2, 0) is 17.5 Å². The normalized spacial score (nSPS) is 12.3. The Hall–Kier alpha value is -3.27. The van der Waals surface area contributed by atoms with E-state index in [2.05, 4.69) is 22.1 Å². The molecule has 0 saturated carbocycles. The van der Waals surface area contributed by atoms with E-state index >= 15 is 0 Å². The topological polar surface area (TPSA) is 69.0 Å². The first-order valence-electron chi connectivity index (χ1n) is 10.0. The summed E-state index contributed by atoms with van der Waals surface area (Å²) in [6.07, 6.45) is -3.33. The standard InChI is InChI=1S/C23H23F3N4O2S/c1-4-12-30-21(16(3)32-17-9-7-8-15(2)13-17)28-29-22(30)33-14-20(31)27-19-11-6-5-10-18(19)23(24,25)26/h4-11,13,16H,1,12,14H2,2-3H3,(H,27,31). The third-order valence-electron chi connectivity index (χ3n) is 4.56. The van der Waals surface area contributed by atoms with Gasteiger partial charge in [-0.3, -0.25) is 9.36 Å². The lowest BCUT2D eigenvalue weighted by atomic mass is 10.1. The van der Waals surface area contributed by atoms with Crippen molar-refractivity contribution in [1.29, 1.82) is 0 Å². The van der Waals surface area contributed by atoms with Gasteiger partial charge >= 0.3 is 6.18 Å². The lowest BCUT2D eigenvalue weighted by molar-refractivity contribution is -0.137. The summed E-state index contributed by atoms with van der Waals surface area (Å²) in [5.41, 5.74) is -0.131. The van der Waals surface area contributed by atoms with Crippen molar-refractivity contribution in [3.63, 3.8) is 0 Å². The molecule has 0 fully saturated rings. The number of nitrogens with zero attached hydrogens (tertiary/aromatic N) is 3. The summed E-state index contributed by atoms with van der Waals surface area (Å²) in [7, 11) is 0. The van der Waals surface area contributed by atoms with Crippen LogP contribution < -0.4 is 10.1 Å². The van der Waals surface area contributed by atoms with Crippen molar-refractivity contribution in [2.75, 3.05) is 11.1 Å². The summed E-state index contributed by atoms with van der Waals surface area (Å²) in [5, 5.41) is 11.1. The maximum absolute atomic E-state index is 13.1. The Morgan fingerprint density at radius 3 is 2.70 bits per heavy atom. The molecular formula is C23H23F3N4O2S. The SMILES string of the molecule is C=CCn1c(SCC(=O)Nc2ccccc2C(F)(F)F)nnc1C(C)Oc1cccc(C)c1. The van der Waals surface area contributed by atoms with Crippen LogP contribution >= 0.6 is 11.8 Å². The van der Waals surface area contributed by atoms with Crippen molar-refractivity contribution in [3.8, 4) is 5.75 Å². The molecule has 1 atom stereocenters. The monoisotopic (exact) mass is 476 g/mol. The highest BCUT2D eigenvalue weighted by Crippen LogP contribution is 2.34. The molecule has 0 saturated heterocycles. The number of alkyl halides is 3. The summed E-state index contributed by atoms with van der Waals surface area (Å²) < 4.78 is 47.2. The van der Waals surface area contributed by atoms with Crippen molar-refractivity contribution in [1.82, 2.24) is 14.8 Å². The molecule has 0 aliphatic rings. The number of hydrogen-bond acceptors (Lipinski definition) is 5. The van der Waals surface area contributed by atoms with Gasteiger partial charge < -0.3 is 10.1 Å². The number of allylic oxidation sites excluding steroid dienone is 1. The Morgan fingerprint density at radius 1 is 1.24 bits per heavy atom. The molecule has 1 heterocycles. The summed E-state index contributed by atoms with van der Waals surface area (Å²) in [4.78, 5) is 12.3. The molecule has 0 bridgehead atoms. The summed E-state index contributed by atoms with van der Waals surface area (Å²) in [6.45, 7) is 7.92. The molecule has 1 amide bonds. The highest BCUT2D eigenvalue weighted by Gasteiger charge is 2.33. The molecule has 1 unspecified atom stereocenters. The first-order chi connectivity index (χ1) is 15.7. The fourth-order valence-corrected chi connectivity index (χ4v) is 3.86. The highest BCUT2D eigenvalue weighted by molar-refractivity contribution is 7.99. The van der Waals surface area contributed by atoms with Gasteiger partial charge in [-0.25, -0.2) is 0 Å². The quantitative estimate of drug-likeness (QED) is 0.319. The number of amides is 1. The van der Waals surface area contributed by atoms with Gasteiger partial charge in [-0.1, -0.05) is 42.1 Å². The molecule has 10 heteroatoms. The van der Waals surface area contributed by atoms with Crippen molar-refractivity contribution in [2.45, 2.75) is 37.8 Å². The van der Waals surface area contributed by atoms with E-state index in [1.54, 1.807) is 10.6 Å². The lowest BCUT2D eigenvalue weighted by Crippen LogP contribution is -2.18. The number of thioether (sulfide) groups is 1. The minimum Gasteiger partial charge on any atom is -0.483 e. The van der Waals surface area contributed by atoms with E-state index in [1.165, 1.54) is 18.2 Å². The number of para-hydroxylation sites is 1. The smallest absolute Gasteiger partial charge is 0.418 e. The van der Waals surface area contributed by atoms with Crippen molar-refractivity contribution in [3.05, 3.63) is 78.1 Å². The largest absolute Gasteiger partial charge is 0.483 e. The van der Waals surface area contributed by atoms with Gasteiger partial charge in [0.05, 0.1) is 17.0 Å². The molecule has 2 aromatic carbocycles. The molecule has 3 rings (SSSR count). The van der Waals surface area contributed by atoms with Crippen LogP contribution in [0.2, 0.25) is 0 Å². The Balaban J connectivity index is 1.70. The molecule has 3 aromatic rings. The Bertz CT molecular complexity index is 1130. The van der Waals surface area contributed by atoms with Gasteiger partial charge in [-0.15, -0.1) is 16.8 Å². The molecule has 1 N–H and O–H groups in total. The van der Waals surface area contributed by atoms with Gasteiger partial charge in [-0.2, -0.15) is 13.2 Å². The van der Waals surface area contributed by atoms with E-state index in [9.17, 15) is 18.0 Å². The second-order valence-electron chi connectivity index (χ2n) is 7.20. The number of hydrogen-bond donors (Lipinski definition) is 1. The average Bonchev–Trinajstić information content (AvgIpc) is 3.15. The molecule has 0 radical (unpaired) electrons. The number of anilines is 1. The van der Waals surface area contributed by atoms with Crippen LogP contribution in [0.1, 0.15) is 30.0 Å². The second kappa shape index (κ2) is 10.6. The van der Waals surface area contributed by atoms with Gasteiger partial charge in [0.1, 0.15) is 5.75 Å². The number of ether oxygens (including phenoxy) is 1. The van der Waals surface area contributed by atoms with E-state index in [0.717, 1.165) is 23.4 Å². The van der Waals surface area contributed by atoms with Gasteiger partial charge in [0.2, 0.25) is 5.91 Å². The van der Waals surface area contributed by atoms with Crippen LogP contribution in [0.15, 0.2) is 66.3 Å². The fourth-order valence-electron chi connectivity index (χ4n) is 3.11. The maximum Gasteiger partial charge on any atom is 0.418 e. The average molecular weight is 477 g/mol. The van der Waals surface area contributed by atoms with Gasteiger partial charge in [0, 0.05) is 6.54 Å². The summed E-state index contributed by atoms with van der Waals surface area (Å²) in [6, 6.07) is 12.4. The first kappa shape index (κ1) is 24.4. The number of nitrogens with one attached hydrogen (secondary N) is 1. The minimum atomic E-state index is -4.57. The van der Waals surface area contributed by atoms with Gasteiger partial charge in [-0.05, 0) is 43.7 Å². The summed E-state index contributed by atoms with van der Waals surface area (Å²) >= 11 is 1.07. The zero-order valence-corrected chi connectivity index (χ0v) is 18.9. The van der Waals surface area contributed by atoms with Crippen LogP contribution in [0.25, 0.3) is 0 Å². The predicted octanol–water partition coefficient (Wildman–Crippen LogP) is 5.66. The molecule has 0 spiro atoms. The number of aryl methyl sites for hydroxylation is 1. The zero-order chi connectivity index (χ0) is 24.0. The molecular weight excluding hydrogens is 453 g/mol. The first-order valence-corrected chi connectivity index (χ1v) is 11.0. The van der Waals surface area contributed by atoms with Crippen LogP contribution in [0.4, 0.5) is 18.9 Å². The molecule has 33 heavy (non-hydrogen) atoms. The van der Waals surface area contributed by atoms with Crippen LogP contribution in [0, 0.1) is 6.92 Å². The van der Waals surface area contributed by atoms with Crippen molar-refractivity contribution < 1.29 is 22.7 Å². The Labute approximate surface area is 193 Å². The molecule has 0 aliphatic heterocycles. The minimum absolute atomic E-state index is 0.144. The molecule has 1 aromatic heterocycles. The van der Waals surface area contributed by atoms with E-state index in [1.807, 2.05) is 38.1 Å². The number of carbonyl (C=O) groups excluding carboxylic acids is 1. The maximum atomic E-state index is 13.1. The Kier molecular flexibility index (Phi) is 7.80. The molecule has 0 aliphatic carbocycles. The number of carbonyl (C=O) groups is 1. The van der Waals surface area contributed by atoms with Crippen LogP contribution in [-0.4, -0.2) is 26.4 Å². The highest BCUT2D eigenvalue weighted by atomic mass is 32.2. The third kappa shape index (κ3) is 6.38. The number of aromatic nitrogens is 3. The second-order valence-corrected chi connectivity index (χ2v) is 8.14. The van der Waals surface area contributed by atoms with Crippen LogP contribution in [0.3, 0.4) is 0 Å². The van der Waals surface area contributed by atoms with Crippen molar-refractivity contribution in [2.24, 2.45) is 0 Å². The fraction of sp³-hybridized carbons (Fsp3) is 0.261. The predicted molar refractivity (Wildman–Crippen MR) is 121 cm³/mol. The van der Waals surface area contributed by atoms with Crippen molar-refractivity contribution >= 4 is 23.4 Å².